The van der Waals surface area contributed by atoms with Gasteiger partial charge in [0.15, 0.2) is 0 Å². The molecule has 5 nitrogen and oxygen atoms in total. The molecule has 1 aliphatic heterocycles. The van der Waals surface area contributed by atoms with E-state index in [1.165, 1.54) is 40.4 Å². The number of methoxy groups -OCH3 is 1. The van der Waals surface area contributed by atoms with Crippen LogP contribution in [0.4, 0.5) is 5.69 Å². The molecule has 2 aliphatic carbocycles. The van der Waals surface area contributed by atoms with Gasteiger partial charge in [-0.2, -0.15) is 0 Å². The summed E-state index contributed by atoms with van der Waals surface area (Å²) in [5, 5.41) is 3.73. The number of halogens is 1. The number of hydrogen-bond donors (Lipinski definition) is 1. The number of hydrogen-bond acceptors (Lipinski definition) is 4. The average Bonchev–Trinajstić information content (AvgIpc) is 3.60. The highest BCUT2D eigenvalue weighted by Gasteiger charge is 2.48. The number of nitrogens with one attached hydrogen (secondary N) is 1. The van der Waals surface area contributed by atoms with Crippen LogP contribution in [-0.2, 0) is 28.8 Å². The van der Waals surface area contributed by atoms with E-state index in [9.17, 15) is 9.59 Å². The number of carbonyl (C=O) groups is 2. The largest absolute Gasteiger partial charge is 0.469 e. The number of anilines is 1. The van der Waals surface area contributed by atoms with Crippen LogP contribution in [0.5, 0.6) is 0 Å². The van der Waals surface area contributed by atoms with E-state index in [0.29, 0.717) is 18.7 Å². The summed E-state index contributed by atoms with van der Waals surface area (Å²) in [6, 6.07) is 8.06. The van der Waals surface area contributed by atoms with Crippen molar-refractivity contribution in [1.82, 2.24) is 4.81 Å². The average molecular weight is 479 g/mol. The van der Waals surface area contributed by atoms with E-state index < -0.39 is 5.41 Å². The van der Waals surface area contributed by atoms with Gasteiger partial charge in [0.25, 0.3) is 0 Å². The molecular weight excluding hydrogens is 447 g/mol. The molecule has 0 spiro atoms. The molecule has 1 fully saturated rings. The number of rotatable bonds is 6. The maximum Gasteiger partial charge on any atom is 0.411 e. The molecular formula is C27H32BClN2O3. The van der Waals surface area contributed by atoms with Crippen molar-refractivity contribution in [3.05, 3.63) is 57.6 Å². The van der Waals surface area contributed by atoms with Crippen LogP contribution in [-0.4, -0.2) is 42.7 Å². The molecule has 0 saturated heterocycles. The van der Waals surface area contributed by atoms with Gasteiger partial charge in [0.2, 0.25) is 5.91 Å². The molecule has 2 aromatic carbocycles. The number of ether oxygens (including phenoxy) is 1. The van der Waals surface area contributed by atoms with Gasteiger partial charge in [-0.25, -0.2) is 0 Å². The van der Waals surface area contributed by atoms with Crippen molar-refractivity contribution in [2.45, 2.75) is 65.3 Å². The summed E-state index contributed by atoms with van der Waals surface area (Å²) in [5.41, 5.74) is 8.43. The summed E-state index contributed by atoms with van der Waals surface area (Å²) in [4.78, 5) is 28.4. The van der Waals surface area contributed by atoms with Crippen LogP contribution < -0.4 is 10.7 Å². The topological polar surface area (TPSA) is 58.6 Å². The minimum atomic E-state index is -0.562. The van der Waals surface area contributed by atoms with Gasteiger partial charge in [0.1, 0.15) is 0 Å². The van der Waals surface area contributed by atoms with Gasteiger partial charge in [0.05, 0.1) is 18.1 Å². The van der Waals surface area contributed by atoms with E-state index >= 15 is 0 Å². The lowest BCUT2D eigenvalue weighted by atomic mass is 9.58. The van der Waals surface area contributed by atoms with Crippen molar-refractivity contribution in [3.63, 3.8) is 0 Å². The highest BCUT2D eigenvalue weighted by Crippen LogP contribution is 2.42. The van der Waals surface area contributed by atoms with Crippen LogP contribution >= 0.6 is 11.6 Å². The first kappa shape index (κ1) is 23.3. The third-order valence-corrected chi connectivity index (χ3v) is 8.27. The summed E-state index contributed by atoms with van der Waals surface area (Å²) >= 11 is 6.14. The molecule has 1 unspecified atom stereocenters. The van der Waals surface area contributed by atoms with E-state index in [0.717, 1.165) is 36.9 Å². The normalized spacial score (nSPS) is 21.3. The molecule has 34 heavy (non-hydrogen) atoms. The number of esters is 1. The van der Waals surface area contributed by atoms with Crippen molar-refractivity contribution < 1.29 is 14.3 Å². The molecule has 1 heterocycles. The Kier molecular flexibility index (Phi) is 5.91. The number of alkyl halides is 1. The van der Waals surface area contributed by atoms with Crippen molar-refractivity contribution in [2.75, 3.05) is 18.2 Å². The van der Waals surface area contributed by atoms with Gasteiger partial charge < -0.3 is 14.8 Å². The number of benzene rings is 2. The Hall–Kier alpha value is -2.47. The lowest BCUT2D eigenvalue weighted by molar-refractivity contribution is -0.151. The Morgan fingerprint density at radius 1 is 1.21 bits per heavy atom. The van der Waals surface area contributed by atoms with E-state index in [1.807, 2.05) is 31.2 Å². The zero-order valence-electron chi connectivity index (χ0n) is 20.5. The second-order valence-electron chi connectivity index (χ2n) is 10.3. The first-order valence-electron chi connectivity index (χ1n) is 12.3. The van der Waals surface area contributed by atoms with E-state index in [4.69, 9.17) is 16.3 Å². The molecule has 1 amide bonds. The summed E-state index contributed by atoms with van der Waals surface area (Å²) in [5.74, 6) is 0.522. The van der Waals surface area contributed by atoms with Crippen molar-refractivity contribution in [2.24, 2.45) is 5.41 Å². The summed E-state index contributed by atoms with van der Waals surface area (Å²) < 4.78 is 5.18. The van der Waals surface area contributed by atoms with Crippen molar-refractivity contribution in [1.29, 1.82) is 0 Å². The summed E-state index contributed by atoms with van der Waals surface area (Å²) in [6.45, 7) is 6.12. The molecule has 7 heteroatoms. The Morgan fingerprint density at radius 3 is 2.53 bits per heavy atom. The van der Waals surface area contributed by atoms with Crippen LogP contribution in [0, 0.1) is 19.3 Å². The summed E-state index contributed by atoms with van der Waals surface area (Å²) in [7, 11) is 1.47. The smallest absolute Gasteiger partial charge is 0.411 e. The lowest BCUT2D eigenvalue weighted by Crippen LogP contribution is -2.62. The van der Waals surface area contributed by atoms with Crippen LogP contribution in [0.3, 0.4) is 0 Å². The van der Waals surface area contributed by atoms with Crippen LogP contribution in [0.2, 0.25) is 0 Å². The Labute approximate surface area is 207 Å². The zero-order valence-corrected chi connectivity index (χ0v) is 21.2. The first-order valence-corrected chi connectivity index (χ1v) is 12.8. The fourth-order valence-electron chi connectivity index (χ4n) is 6.08. The number of fused-ring (bicyclic) bond motifs is 2. The molecule has 5 rings (SSSR count). The molecule has 178 valence electrons. The fourth-order valence-corrected chi connectivity index (χ4v) is 6.22. The second kappa shape index (κ2) is 8.64. The van der Waals surface area contributed by atoms with E-state index in [1.54, 1.807) is 0 Å². The monoisotopic (exact) mass is 478 g/mol. The third kappa shape index (κ3) is 3.62. The van der Waals surface area contributed by atoms with E-state index in [-0.39, 0.29) is 24.9 Å². The fraction of sp³-hybridized carbons (Fsp3) is 0.481. The highest BCUT2D eigenvalue weighted by molar-refractivity contribution is 6.78. The van der Waals surface area contributed by atoms with Crippen molar-refractivity contribution in [3.8, 4) is 0 Å². The Bertz CT molecular complexity index is 1180. The van der Waals surface area contributed by atoms with Crippen LogP contribution in [0.1, 0.15) is 64.4 Å². The molecule has 3 aliphatic rings. The minimum absolute atomic E-state index is 0.0992. The predicted octanol–water partition coefficient (Wildman–Crippen LogP) is 4.18. The zero-order chi connectivity index (χ0) is 24.2. The number of nitrogens with zero attached hydrogens (tertiary/aromatic N) is 1. The minimum Gasteiger partial charge on any atom is -0.469 e. The molecule has 2 aromatic rings. The van der Waals surface area contributed by atoms with Crippen LogP contribution in [0.15, 0.2) is 24.3 Å². The molecule has 1 saturated carbocycles. The predicted molar refractivity (Wildman–Crippen MR) is 137 cm³/mol. The van der Waals surface area contributed by atoms with Gasteiger partial charge in [-0.05, 0) is 105 Å². The lowest BCUT2D eigenvalue weighted by Gasteiger charge is -2.38. The second-order valence-corrected chi connectivity index (χ2v) is 10.7. The van der Waals surface area contributed by atoms with Crippen molar-refractivity contribution >= 4 is 41.6 Å². The molecule has 0 bridgehead atoms. The van der Waals surface area contributed by atoms with Gasteiger partial charge in [-0.1, -0.05) is 12.1 Å². The molecule has 0 radical (unpaired) electrons. The third-order valence-electron chi connectivity index (χ3n) is 8.00. The quantitative estimate of drug-likeness (QED) is 0.384. The Balaban J connectivity index is 1.68. The Morgan fingerprint density at radius 2 is 1.88 bits per heavy atom. The SMILES string of the molecule is COC(=O)C1(C)Cc2c(C)c(CCCCl)c(B3Nc4ccccc4C(=O)N3C3CC3)c(C)c2C1. The number of carbonyl (C=O) groups excluding carboxylic acids is 2. The van der Waals surface area contributed by atoms with Gasteiger partial charge >= 0.3 is 13.0 Å². The maximum atomic E-state index is 13.7. The molecule has 1 atom stereocenters. The summed E-state index contributed by atoms with van der Waals surface area (Å²) in [6.07, 6.45) is 5.12. The molecule has 0 aromatic heterocycles. The molecule has 1 N–H and O–H groups in total. The highest BCUT2D eigenvalue weighted by atomic mass is 35.5. The standard InChI is InChI=1S/C27H32BClN2O3/c1-16-19(9-7-13-29)24(17(2)22-15-27(3,14-21(16)22)26(33)34-4)28-30-23-10-6-5-8-20(23)25(32)31(28)18-11-12-18/h5-6,8,10,18,30H,7,9,11-15H2,1-4H3. The van der Waals surface area contributed by atoms with E-state index in [2.05, 4.69) is 23.9 Å². The van der Waals surface area contributed by atoms with Gasteiger partial charge in [-0.15, -0.1) is 11.6 Å². The first-order chi connectivity index (χ1) is 16.3. The number of para-hydroxylation sites is 1. The van der Waals surface area contributed by atoms with Crippen LogP contribution in [0.25, 0.3) is 0 Å². The maximum absolute atomic E-state index is 13.7. The number of amides is 1. The van der Waals surface area contributed by atoms with Gasteiger partial charge in [0, 0.05) is 17.6 Å². The van der Waals surface area contributed by atoms with Gasteiger partial charge in [-0.3, -0.25) is 9.59 Å².